The Bertz CT molecular complexity index is 1060. The van der Waals surface area contributed by atoms with E-state index in [0.717, 1.165) is 37.0 Å². The van der Waals surface area contributed by atoms with Crippen molar-refractivity contribution in [2.75, 3.05) is 5.32 Å². The number of aryl methyl sites for hydroxylation is 1. The van der Waals surface area contributed by atoms with Crippen LogP contribution in [0.5, 0.6) is 0 Å². The maximum absolute atomic E-state index is 12.1. The maximum atomic E-state index is 12.1. The molecule has 0 atom stereocenters. The summed E-state index contributed by atoms with van der Waals surface area (Å²) in [6, 6.07) is 13.7. The predicted molar refractivity (Wildman–Crippen MR) is 110 cm³/mol. The number of rotatable bonds is 4. The number of benzene rings is 1. The van der Waals surface area contributed by atoms with Gasteiger partial charge in [0.05, 0.1) is 0 Å². The summed E-state index contributed by atoms with van der Waals surface area (Å²) in [5.41, 5.74) is 3.72. The lowest BCUT2D eigenvalue weighted by molar-refractivity contribution is -0.111. The number of hydrogen-bond acceptors (Lipinski definition) is 5. The first-order chi connectivity index (χ1) is 12.7. The highest BCUT2D eigenvalue weighted by Crippen LogP contribution is 2.31. The zero-order chi connectivity index (χ0) is 17.9. The highest BCUT2D eigenvalue weighted by atomic mass is 32.1. The zero-order valence-electron chi connectivity index (χ0n) is 14.0. The molecule has 0 aliphatic heterocycles. The van der Waals surface area contributed by atoms with Crippen molar-refractivity contribution in [2.45, 2.75) is 6.92 Å². The van der Waals surface area contributed by atoms with Crippen LogP contribution < -0.4 is 5.32 Å². The molecule has 6 heteroatoms. The minimum atomic E-state index is -0.140. The van der Waals surface area contributed by atoms with Crippen LogP contribution in [0, 0.1) is 6.92 Å². The third kappa shape index (κ3) is 3.56. The number of hydrogen-bond donors (Lipinski definition) is 1. The fraction of sp³-hybridized carbons (Fsp3) is 0.0500. The summed E-state index contributed by atoms with van der Waals surface area (Å²) >= 11 is 3.16. The summed E-state index contributed by atoms with van der Waals surface area (Å²) in [6.45, 7) is 1.98. The number of fused-ring (bicyclic) bond motifs is 1. The van der Waals surface area contributed by atoms with E-state index in [1.807, 2.05) is 60.8 Å². The minimum absolute atomic E-state index is 0.140. The second-order valence-electron chi connectivity index (χ2n) is 5.71. The van der Waals surface area contributed by atoms with Crippen molar-refractivity contribution in [3.8, 4) is 10.6 Å². The van der Waals surface area contributed by atoms with Gasteiger partial charge in [-0.1, -0.05) is 17.4 Å². The van der Waals surface area contributed by atoms with Gasteiger partial charge in [0.15, 0.2) is 0 Å². The lowest BCUT2D eigenvalue weighted by atomic mass is 10.1. The number of pyridine rings is 1. The SMILES string of the molecule is Cc1cc(-c2nc3cccnc3s2)ccc1NC(=O)/C=C/c1cccs1. The molecule has 4 rings (SSSR count). The van der Waals surface area contributed by atoms with E-state index in [4.69, 9.17) is 0 Å². The van der Waals surface area contributed by atoms with Gasteiger partial charge < -0.3 is 5.32 Å². The van der Waals surface area contributed by atoms with Crippen molar-refractivity contribution in [3.05, 3.63) is 70.6 Å². The second-order valence-corrected chi connectivity index (χ2v) is 7.67. The van der Waals surface area contributed by atoms with E-state index < -0.39 is 0 Å². The number of amides is 1. The number of aromatic nitrogens is 2. The molecule has 0 unspecified atom stereocenters. The van der Waals surface area contributed by atoms with E-state index in [1.54, 1.807) is 34.9 Å². The number of nitrogens with one attached hydrogen (secondary N) is 1. The molecule has 3 heterocycles. The summed E-state index contributed by atoms with van der Waals surface area (Å²) in [7, 11) is 0. The molecule has 128 valence electrons. The number of thiophene rings is 1. The maximum Gasteiger partial charge on any atom is 0.248 e. The van der Waals surface area contributed by atoms with Gasteiger partial charge in [-0.15, -0.1) is 11.3 Å². The van der Waals surface area contributed by atoms with E-state index >= 15 is 0 Å². The monoisotopic (exact) mass is 377 g/mol. The van der Waals surface area contributed by atoms with Crippen LogP contribution in [-0.2, 0) is 4.79 Å². The summed E-state index contributed by atoms with van der Waals surface area (Å²) < 4.78 is 0. The number of carbonyl (C=O) groups is 1. The molecule has 0 radical (unpaired) electrons. The first-order valence-corrected chi connectivity index (χ1v) is 9.74. The van der Waals surface area contributed by atoms with E-state index in [2.05, 4.69) is 15.3 Å². The Morgan fingerprint density at radius 2 is 2.12 bits per heavy atom. The number of carbonyl (C=O) groups excluding carboxylic acids is 1. The van der Waals surface area contributed by atoms with Crippen LogP contribution in [0.3, 0.4) is 0 Å². The molecule has 0 aliphatic carbocycles. The van der Waals surface area contributed by atoms with Gasteiger partial charge >= 0.3 is 0 Å². The van der Waals surface area contributed by atoms with E-state index in [-0.39, 0.29) is 5.91 Å². The van der Waals surface area contributed by atoms with E-state index in [1.165, 1.54) is 0 Å². The highest BCUT2D eigenvalue weighted by molar-refractivity contribution is 7.21. The molecular formula is C20H15N3OS2. The molecule has 0 fully saturated rings. The Hall–Kier alpha value is -2.83. The van der Waals surface area contributed by atoms with Gasteiger partial charge in [-0.2, -0.15) is 0 Å². The highest BCUT2D eigenvalue weighted by Gasteiger charge is 2.09. The normalized spacial score (nSPS) is 11.3. The first kappa shape index (κ1) is 16.6. The van der Waals surface area contributed by atoms with Crippen LogP contribution >= 0.6 is 22.7 Å². The van der Waals surface area contributed by atoms with Gasteiger partial charge in [-0.25, -0.2) is 9.97 Å². The Morgan fingerprint density at radius 3 is 2.88 bits per heavy atom. The predicted octanol–water partition coefficient (Wildman–Crippen LogP) is 5.38. The van der Waals surface area contributed by atoms with Crippen LogP contribution in [0.15, 0.2) is 60.1 Å². The molecule has 0 saturated heterocycles. The van der Waals surface area contributed by atoms with Gasteiger partial charge in [0.25, 0.3) is 0 Å². The lowest BCUT2D eigenvalue weighted by Gasteiger charge is -2.07. The summed E-state index contributed by atoms with van der Waals surface area (Å²) in [6.07, 6.45) is 5.15. The third-order valence-corrected chi connectivity index (χ3v) is 5.71. The molecule has 1 N–H and O–H groups in total. The zero-order valence-corrected chi connectivity index (χ0v) is 15.6. The summed E-state index contributed by atoms with van der Waals surface area (Å²) in [5.74, 6) is -0.140. The molecule has 0 bridgehead atoms. The smallest absolute Gasteiger partial charge is 0.248 e. The average molecular weight is 377 g/mol. The Kier molecular flexibility index (Phi) is 4.60. The standard InChI is InChI=1S/C20H15N3OS2/c1-13-12-14(19-23-17-5-2-10-21-20(17)26-19)6-8-16(13)22-18(24)9-7-15-4-3-11-25-15/h2-12H,1H3,(H,22,24)/b9-7+. The number of nitrogens with zero attached hydrogens (tertiary/aromatic N) is 2. The van der Waals surface area contributed by atoms with Gasteiger partial charge in [0, 0.05) is 28.4 Å². The first-order valence-electron chi connectivity index (χ1n) is 8.04. The van der Waals surface area contributed by atoms with Crippen molar-refractivity contribution in [1.29, 1.82) is 0 Å². The Morgan fingerprint density at radius 1 is 1.19 bits per heavy atom. The Balaban J connectivity index is 1.53. The van der Waals surface area contributed by atoms with Crippen LogP contribution in [-0.4, -0.2) is 15.9 Å². The molecule has 4 nitrogen and oxygen atoms in total. The van der Waals surface area contributed by atoms with Crippen molar-refractivity contribution >= 4 is 50.7 Å². The topological polar surface area (TPSA) is 54.9 Å². The molecule has 3 aromatic heterocycles. The fourth-order valence-electron chi connectivity index (χ4n) is 2.55. The second kappa shape index (κ2) is 7.19. The van der Waals surface area contributed by atoms with Crippen LogP contribution in [0.1, 0.15) is 10.4 Å². The van der Waals surface area contributed by atoms with E-state index in [9.17, 15) is 4.79 Å². The number of thiazole rings is 1. The fourth-order valence-corrected chi connectivity index (χ4v) is 4.07. The van der Waals surface area contributed by atoms with Crippen LogP contribution in [0.4, 0.5) is 5.69 Å². The molecule has 1 amide bonds. The van der Waals surface area contributed by atoms with Gasteiger partial charge in [0.2, 0.25) is 5.91 Å². The number of anilines is 1. The van der Waals surface area contributed by atoms with Gasteiger partial charge in [0.1, 0.15) is 15.4 Å². The minimum Gasteiger partial charge on any atom is -0.322 e. The van der Waals surface area contributed by atoms with Gasteiger partial charge in [-0.3, -0.25) is 4.79 Å². The Labute approximate surface area is 158 Å². The molecule has 4 aromatic rings. The summed E-state index contributed by atoms with van der Waals surface area (Å²) in [4.78, 5) is 23.1. The van der Waals surface area contributed by atoms with E-state index in [0.29, 0.717) is 0 Å². The van der Waals surface area contributed by atoms with Crippen molar-refractivity contribution in [1.82, 2.24) is 9.97 Å². The molecular weight excluding hydrogens is 362 g/mol. The molecule has 0 aliphatic rings. The van der Waals surface area contributed by atoms with Crippen molar-refractivity contribution in [3.63, 3.8) is 0 Å². The average Bonchev–Trinajstić information content (AvgIpc) is 3.31. The summed E-state index contributed by atoms with van der Waals surface area (Å²) in [5, 5.41) is 5.84. The van der Waals surface area contributed by atoms with Gasteiger partial charge in [-0.05, 0) is 60.3 Å². The van der Waals surface area contributed by atoms with Crippen LogP contribution in [0.25, 0.3) is 27.0 Å². The quantitative estimate of drug-likeness (QED) is 0.486. The molecule has 1 aromatic carbocycles. The molecule has 0 spiro atoms. The lowest BCUT2D eigenvalue weighted by Crippen LogP contribution is -2.08. The van der Waals surface area contributed by atoms with Crippen molar-refractivity contribution < 1.29 is 4.79 Å². The van der Waals surface area contributed by atoms with Crippen molar-refractivity contribution in [2.24, 2.45) is 0 Å². The van der Waals surface area contributed by atoms with Crippen LogP contribution in [0.2, 0.25) is 0 Å². The molecule has 0 saturated carbocycles. The molecule has 26 heavy (non-hydrogen) atoms. The largest absolute Gasteiger partial charge is 0.322 e. The third-order valence-electron chi connectivity index (χ3n) is 3.84.